The van der Waals surface area contributed by atoms with E-state index in [0.717, 1.165) is 18.4 Å². The molecule has 0 saturated carbocycles. The number of hydrazone groups is 1. The van der Waals surface area contributed by atoms with Crippen molar-refractivity contribution in [3.05, 3.63) is 28.8 Å². The minimum absolute atomic E-state index is 0.0636. The lowest BCUT2D eigenvalue weighted by Crippen LogP contribution is -2.24. The molecule has 0 aliphatic carbocycles. The zero-order valence-corrected chi connectivity index (χ0v) is 11.3. The Morgan fingerprint density at radius 2 is 2.33 bits per heavy atom. The number of amides is 1. The largest absolute Gasteiger partial charge is 0.483 e. The number of rotatable bonds is 6. The molecule has 0 bridgehead atoms. The number of halogens is 1. The standard InChI is InChI=1S/C13H17ClN2O2/c1-3-4-7-15-16-13(17)9-18-12-6-5-11(14)8-10(12)2/h5-8H,3-4,9H2,1-2H3,(H,16,17)/b15-7-. The lowest BCUT2D eigenvalue weighted by Gasteiger charge is -2.08. The van der Waals surface area contributed by atoms with Gasteiger partial charge in [0.15, 0.2) is 6.61 Å². The van der Waals surface area contributed by atoms with Crippen molar-refractivity contribution in [2.45, 2.75) is 26.7 Å². The van der Waals surface area contributed by atoms with Crippen LogP contribution in [0, 0.1) is 6.92 Å². The smallest absolute Gasteiger partial charge is 0.277 e. The molecule has 0 heterocycles. The van der Waals surface area contributed by atoms with Crippen LogP contribution in [0.2, 0.25) is 5.02 Å². The molecule has 0 radical (unpaired) electrons. The molecule has 0 aliphatic heterocycles. The van der Waals surface area contributed by atoms with Crippen molar-refractivity contribution in [1.82, 2.24) is 5.43 Å². The van der Waals surface area contributed by atoms with Crippen molar-refractivity contribution in [2.75, 3.05) is 6.61 Å². The molecule has 0 spiro atoms. The average molecular weight is 269 g/mol. The van der Waals surface area contributed by atoms with Gasteiger partial charge in [-0.25, -0.2) is 5.43 Å². The third kappa shape index (κ3) is 5.19. The van der Waals surface area contributed by atoms with Gasteiger partial charge in [-0.05, 0) is 37.1 Å². The lowest BCUT2D eigenvalue weighted by molar-refractivity contribution is -0.123. The van der Waals surface area contributed by atoms with Crippen LogP contribution in [0.15, 0.2) is 23.3 Å². The summed E-state index contributed by atoms with van der Waals surface area (Å²) in [7, 11) is 0. The minimum atomic E-state index is -0.281. The fourth-order valence-electron chi connectivity index (χ4n) is 1.26. The zero-order valence-electron chi connectivity index (χ0n) is 10.6. The average Bonchev–Trinajstić information content (AvgIpc) is 2.33. The first kappa shape index (κ1) is 14.5. The van der Waals surface area contributed by atoms with Crippen LogP contribution in [0.5, 0.6) is 5.75 Å². The first-order chi connectivity index (χ1) is 8.63. The molecule has 0 atom stereocenters. The van der Waals surface area contributed by atoms with Gasteiger partial charge in [0.25, 0.3) is 5.91 Å². The van der Waals surface area contributed by atoms with E-state index < -0.39 is 0 Å². The zero-order chi connectivity index (χ0) is 13.4. The summed E-state index contributed by atoms with van der Waals surface area (Å²) >= 11 is 5.82. The van der Waals surface area contributed by atoms with Gasteiger partial charge in [0.2, 0.25) is 0 Å². The van der Waals surface area contributed by atoms with Crippen LogP contribution in [0.1, 0.15) is 25.3 Å². The van der Waals surface area contributed by atoms with Crippen molar-refractivity contribution in [3.63, 3.8) is 0 Å². The summed E-state index contributed by atoms with van der Waals surface area (Å²) in [5.74, 6) is 0.365. The van der Waals surface area contributed by atoms with Crippen molar-refractivity contribution in [2.24, 2.45) is 5.10 Å². The summed E-state index contributed by atoms with van der Waals surface area (Å²) in [4.78, 5) is 11.4. The minimum Gasteiger partial charge on any atom is -0.483 e. The van der Waals surface area contributed by atoms with Crippen LogP contribution >= 0.6 is 11.6 Å². The fraction of sp³-hybridized carbons (Fsp3) is 0.385. The van der Waals surface area contributed by atoms with Gasteiger partial charge in [-0.3, -0.25) is 4.79 Å². The van der Waals surface area contributed by atoms with E-state index in [-0.39, 0.29) is 12.5 Å². The number of hydrogen-bond donors (Lipinski definition) is 1. The van der Waals surface area contributed by atoms with Crippen molar-refractivity contribution < 1.29 is 9.53 Å². The van der Waals surface area contributed by atoms with Crippen LogP contribution in [0.3, 0.4) is 0 Å². The molecule has 0 aromatic heterocycles. The molecule has 5 heteroatoms. The second-order valence-corrected chi connectivity index (χ2v) is 4.27. The van der Waals surface area contributed by atoms with Crippen LogP contribution in [-0.2, 0) is 4.79 Å². The van der Waals surface area contributed by atoms with Crippen LogP contribution in [-0.4, -0.2) is 18.7 Å². The topological polar surface area (TPSA) is 50.7 Å². The van der Waals surface area contributed by atoms with Gasteiger partial charge in [-0.1, -0.05) is 24.9 Å². The Labute approximate surface area is 112 Å². The molecule has 4 nitrogen and oxygen atoms in total. The molecule has 1 rings (SSSR count). The SMILES string of the molecule is CCC/C=N\NC(=O)COc1ccc(Cl)cc1C. The molecule has 0 saturated heterocycles. The number of nitrogens with zero attached hydrogens (tertiary/aromatic N) is 1. The molecule has 98 valence electrons. The van der Waals surface area contributed by atoms with Crippen LogP contribution in [0.25, 0.3) is 0 Å². The number of aryl methyl sites for hydroxylation is 1. The highest BCUT2D eigenvalue weighted by Crippen LogP contribution is 2.21. The van der Waals surface area contributed by atoms with Crippen molar-refractivity contribution in [1.29, 1.82) is 0 Å². The van der Waals surface area contributed by atoms with Gasteiger partial charge in [0, 0.05) is 11.2 Å². The van der Waals surface area contributed by atoms with Gasteiger partial charge in [0.1, 0.15) is 5.75 Å². The van der Waals surface area contributed by atoms with Crippen LogP contribution in [0.4, 0.5) is 0 Å². The number of benzene rings is 1. The molecule has 0 unspecified atom stereocenters. The van der Waals surface area contributed by atoms with Gasteiger partial charge >= 0.3 is 0 Å². The number of ether oxygens (including phenoxy) is 1. The summed E-state index contributed by atoms with van der Waals surface area (Å²) in [6, 6.07) is 5.25. The summed E-state index contributed by atoms with van der Waals surface area (Å²) in [6.45, 7) is 3.85. The second-order valence-electron chi connectivity index (χ2n) is 3.83. The molecule has 18 heavy (non-hydrogen) atoms. The Balaban J connectivity index is 2.38. The van der Waals surface area contributed by atoms with Crippen LogP contribution < -0.4 is 10.2 Å². The third-order valence-electron chi connectivity index (χ3n) is 2.19. The first-order valence-corrected chi connectivity index (χ1v) is 6.20. The number of carbonyl (C=O) groups excluding carboxylic acids is 1. The second kappa shape index (κ2) is 7.71. The van der Waals surface area contributed by atoms with E-state index in [9.17, 15) is 4.79 Å². The molecule has 1 N–H and O–H groups in total. The van der Waals surface area contributed by atoms with Gasteiger partial charge in [-0.15, -0.1) is 0 Å². The summed E-state index contributed by atoms with van der Waals surface area (Å²) in [6.07, 6.45) is 3.52. The van der Waals surface area contributed by atoms with E-state index in [1.165, 1.54) is 0 Å². The highest BCUT2D eigenvalue weighted by Gasteiger charge is 2.04. The number of hydrogen-bond acceptors (Lipinski definition) is 3. The normalized spacial score (nSPS) is 10.6. The molecular formula is C13H17ClN2O2. The van der Waals surface area contributed by atoms with Crippen molar-refractivity contribution >= 4 is 23.7 Å². The summed E-state index contributed by atoms with van der Waals surface area (Å²) < 4.78 is 5.37. The fourth-order valence-corrected chi connectivity index (χ4v) is 1.49. The maximum absolute atomic E-state index is 11.4. The third-order valence-corrected chi connectivity index (χ3v) is 2.43. The van der Waals surface area contributed by atoms with E-state index in [2.05, 4.69) is 10.5 Å². The Bertz CT molecular complexity index is 433. The van der Waals surface area contributed by atoms with E-state index in [1.807, 2.05) is 13.8 Å². The predicted octanol–water partition coefficient (Wildman–Crippen LogP) is 2.93. The summed E-state index contributed by atoms with van der Waals surface area (Å²) in [5.41, 5.74) is 3.29. The lowest BCUT2D eigenvalue weighted by atomic mass is 10.2. The van der Waals surface area contributed by atoms with E-state index in [1.54, 1.807) is 24.4 Å². The first-order valence-electron chi connectivity index (χ1n) is 5.82. The van der Waals surface area contributed by atoms with Gasteiger partial charge in [-0.2, -0.15) is 5.10 Å². The highest BCUT2D eigenvalue weighted by molar-refractivity contribution is 6.30. The number of carbonyl (C=O) groups is 1. The number of unbranched alkanes of at least 4 members (excludes halogenated alkanes) is 1. The Morgan fingerprint density at radius 3 is 3.00 bits per heavy atom. The number of nitrogens with one attached hydrogen (secondary N) is 1. The van der Waals surface area contributed by atoms with Crippen molar-refractivity contribution in [3.8, 4) is 5.75 Å². The van der Waals surface area contributed by atoms with E-state index in [4.69, 9.17) is 16.3 Å². The Morgan fingerprint density at radius 1 is 1.56 bits per heavy atom. The van der Waals surface area contributed by atoms with Gasteiger partial charge < -0.3 is 4.74 Å². The maximum atomic E-state index is 11.4. The molecular weight excluding hydrogens is 252 g/mol. The molecule has 0 aliphatic rings. The van der Waals surface area contributed by atoms with E-state index >= 15 is 0 Å². The highest BCUT2D eigenvalue weighted by atomic mass is 35.5. The quantitative estimate of drug-likeness (QED) is 0.637. The summed E-state index contributed by atoms with van der Waals surface area (Å²) in [5, 5.41) is 4.43. The maximum Gasteiger partial charge on any atom is 0.277 e. The predicted molar refractivity (Wildman–Crippen MR) is 73.2 cm³/mol. The monoisotopic (exact) mass is 268 g/mol. The molecule has 1 aromatic carbocycles. The molecule has 1 aromatic rings. The Hall–Kier alpha value is -1.55. The Kier molecular flexibility index (Phi) is 6.22. The molecule has 1 amide bonds. The van der Waals surface area contributed by atoms with E-state index in [0.29, 0.717) is 10.8 Å². The van der Waals surface area contributed by atoms with Gasteiger partial charge in [0.05, 0.1) is 0 Å². The molecule has 0 fully saturated rings.